The summed E-state index contributed by atoms with van der Waals surface area (Å²) in [6, 6.07) is 3.60. The maximum absolute atomic E-state index is 12.2. The van der Waals surface area contributed by atoms with Gasteiger partial charge in [-0.15, -0.1) is 11.3 Å². The Morgan fingerprint density at radius 3 is 2.72 bits per heavy atom. The zero-order valence-corrected chi connectivity index (χ0v) is 12.3. The van der Waals surface area contributed by atoms with E-state index in [4.69, 9.17) is 5.11 Å². The number of thiophene rings is 1. The molecule has 2 rings (SSSR count). The molecular formula is C12H14BrNO3S. The van der Waals surface area contributed by atoms with Gasteiger partial charge in [-0.2, -0.15) is 0 Å². The lowest BCUT2D eigenvalue weighted by Crippen LogP contribution is -2.45. The fourth-order valence-electron chi connectivity index (χ4n) is 2.28. The van der Waals surface area contributed by atoms with Gasteiger partial charge in [0.2, 0.25) is 0 Å². The highest BCUT2D eigenvalue weighted by Gasteiger charge is 2.32. The summed E-state index contributed by atoms with van der Waals surface area (Å²) in [4.78, 5) is 25.6. The summed E-state index contributed by atoms with van der Waals surface area (Å²) in [5.41, 5.74) is 0. The molecule has 0 bridgehead atoms. The number of hydrogen-bond donors (Lipinski definition) is 1. The van der Waals surface area contributed by atoms with Crippen LogP contribution in [0.1, 0.15) is 23.0 Å². The third-order valence-corrected chi connectivity index (χ3v) is 4.69. The summed E-state index contributed by atoms with van der Waals surface area (Å²) >= 11 is 4.70. The van der Waals surface area contributed by atoms with Gasteiger partial charge in [0.15, 0.2) is 0 Å². The van der Waals surface area contributed by atoms with E-state index in [0.29, 0.717) is 24.4 Å². The molecule has 0 radical (unpaired) electrons. The van der Waals surface area contributed by atoms with Gasteiger partial charge < -0.3 is 10.0 Å². The zero-order chi connectivity index (χ0) is 13.3. The molecule has 98 valence electrons. The van der Waals surface area contributed by atoms with Crippen molar-refractivity contribution in [2.24, 2.45) is 11.8 Å². The van der Waals surface area contributed by atoms with Crippen LogP contribution in [-0.4, -0.2) is 35.0 Å². The van der Waals surface area contributed by atoms with E-state index in [1.165, 1.54) is 11.3 Å². The van der Waals surface area contributed by atoms with Crippen LogP contribution < -0.4 is 0 Å². The first kappa shape index (κ1) is 13.5. The molecule has 1 fully saturated rings. The smallest absolute Gasteiger partial charge is 0.308 e. The highest BCUT2D eigenvalue weighted by molar-refractivity contribution is 9.11. The molecule has 1 aliphatic rings. The number of halogens is 1. The second-order valence-corrected chi connectivity index (χ2v) is 7.15. The standard InChI is InChI=1S/C12H14BrNO3S/c1-7-4-8(12(16)17)6-14(5-7)11(15)9-2-3-10(13)18-9/h2-3,7-8H,4-6H2,1H3,(H,16,17). The quantitative estimate of drug-likeness (QED) is 0.906. The van der Waals surface area contributed by atoms with E-state index in [9.17, 15) is 9.59 Å². The van der Waals surface area contributed by atoms with Gasteiger partial charge in [-0.25, -0.2) is 0 Å². The summed E-state index contributed by atoms with van der Waals surface area (Å²) in [6.45, 7) is 2.94. The number of carboxylic acids is 1. The first-order valence-corrected chi connectivity index (χ1v) is 7.35. The molecule has 2 atom stereocenters. The Balaban J connectivity index is 2.12. The van der Waals surface area contributed by atoms with Crippen LogP contribution in [-0.2, 0) is 4.79 Å². The minimum absolute atomic E-state index is 0.0662. The first-order valence-electron chi connectivity index (χ1n) is 5.74. The Bertz CT molecular complexity index is 474. The Hall–Kier alpha value is -0.880. The predicted octanol–water partition coefficient (Wildman–Crippen LogP) is 2.69. The molecule has 0 aromatic carbocycles. The van der Waals surface area contributed by atoms with E-state index >= 15 is 0 Å². The number of nitrogens with zero attached hydrogens (tertiary/aromatic N) is 1. The summed E-state index contributed by atoms with van der Waals surface area (Å²) in [5, 5.41) is 9.09. The number of carbonyl (C=O) groups is 2. The van der Waals surface area contributed by atoms with Gasteiger partial charge in [0.1, 0.15) is 0 Å². The van der Waals surface area contributed by atoms with Crippen LogP contribution in [0.4, 0.5) is 0 Å². The molecule has 2 unspecified atom stereocenters. The highest BCUT2D eigenvalue weighted by atomic mass is 79.9. The van der Waals surface area contributed by atoms with Crippen LogP contribution in [0.2, 0.25) is 0 Å². The van der Waals surface area contributed by atoms with Crippen molar-refractivity contribution in [3.8, 4) is 0 Å². The van der Waals surface area contributed by atoms with Gasteiger partial charge in [-0.1, -0.05) is 6.92 Å². The van der Waals surface area contributed by atoms with Crippen molar-refractivity contribution in [3.05, 3.63) is 20.8 Å². The van der Waals surface area contributed by atoms with Crippen LogP contribution in [0.25, 0.3) is 0 Å². The van der Waals surface area contributed by atoms with Crippen LogP contribution >= 0.6 is 27.3 Å². The summed E-state index contributed by atoms with van der Waals surface area (Å²) in [6.07, 6.45) is 0.646. The van der Waals surface area contributed by atoms with E-state index in [1.54, 1.807) is 11.0 Å². The van der Waals surface area contributed by atoms with Crippen LogP contribution in [0.15, 0.2) is 15.9 Å². The maximum atomic E-state index is 12.2. The van der Waals surface area contributed by atoms with Gasteiger partial charge >= 0.3 is 5.97 Å². The SMILES string of the molecule is CC1CC(C(=O)O)CN(C(=O)c2ccc(Br)s2)C1. The fourth-order valence-corrected chi connectivity index (χ4v) is 3.64. The average molecular weight is 332 g/mol. The van der Waals surface area contributed by atoms with Gasteiger partial charge in [0.05, 0.1) is 14.6 Å². The van der Waals surface area contributed by atoms with E-state index in [0.717, 1.165) is 3.79 Å². The number of aliphatic carboxylic acids is 1. The van der Waals surface area contributed by atoms with Crippen molar-refractivity contribution in [1.29, 1.82) is 0 Å². The van der Waals surface area contributed by atoms with Crippen molar-refractivity contribution in [3.63, 3.8) is 0 Å². The Morgan fingerprint density at radius 2 is 2.17 bits per heavy atom. The van der Waals surface area contributed by atoms with E-state index in [-0.39, 0.29) is 11.8 Å². The summed E-state index contributed by atoms with van der Waals surface area (Å²) in [7, 11) is 0. The molecule has 1 saturated heterocycles. The fraction of sp³-hybridized carbons (Fsp3) is 0.500. The van der Waals surface area contributed by atoms with Gasteiger partial charge in [0.25, 0.3) is 5.91 Å². The number of hydrogen-bond acceptors (Lipinski definition) is 3. The van der Waals surface area contributed by atoms with E-state index < -0.39 is 11.9 Å². The minimum atomic E-state index is -0.813. The lowest BCUT2D eigenvalue weighted by molar-refractivity contribution is -0.143. The predicted molar refractivity (Wildman–Crippen MR) is 72.8 cm³/mol. The third-order valence-electron chi connectivity index (χ3n) is 3.08. The molecule has 1 aliphatic heterocycles. The number of amides is 1. The molecule has 0 spiro atoms. The highest BCUT2D eigenvalue weighted by Crippen LogP contribution is 2.27. The zero-order valence-electron chi connectivity index (χ0n) is 9.93. The molecule has 6 heteroatoms. The van der Waals surface area contributed by atoms with E-state index in [2.05, 4.69) is 15.9 Å². The van der Waals surface area contributed by atoms with Gasteiger partial charge in [0, 0.05) is 13.1 Å². The van der Waals surface area contributed by atoms with Crippen molar-refractivity contribution < 1.29 is 14.7 Å². The average Bonchev–Trinajstić information content (AvgIpc) is 2.74. The molecule has 2 heterocycles. The molecule has 0 saturated carbocycles. The molecule has 4 nitrogen and oxygen atoms in total. The van der Waals surface area contributed by atoms with Gasteiger partial charge in [-0.05, 0) is 40.4 Å². The number of carbonyl (C=O) groups excluding carboxylic acids is 1. The molecule has 0 aliphatic carbocycles. The number of rotatable bonds is 2. The van der Waals surface area contributed by atoms with Crippen molar-refractivity contribution >= 4 is 39.1 Å². The summed E-state index contributed by atoms with van der Waals surface area (Å²) < 4.78 is 0.908. The monoisotopic (exact) mass is 331 g/mol. The normalized spacial score (nSPS) is 24.0. The third kappa shape index (κ3) is 2.92. The largest absolute Gasteiger partial charge is 0.481 e. The van der Waals surface area contributed by atoms with Crippen LogP contribution in [0.5, 0.6) is 0 Å². The lowest BCUT2D eigenvalue weighted by atomic mass is 9.90. The Labute approximate surface area is 118 Å². The minimum Gasteiger partial charge on any atom is -0.481 e. The molecule has 1 aromatic heterocycles. The van der Waals surface area contributed by atoms with Crippen LogP contribution in [0, 0.1) is 11.8 Å². The number of piperidine rings is 1. The Kier molecular flexibility index (Phi) is 4.07. The second kappa shape index (κ2) is 5.40. The number of carboxylic acid groups (broad SMARTS) is 1. The summed E-state index contributed by atoms with van der Waals surface area (Å²) in [5.74, 6) is -1.09. The first-order chi connectivity index (χ1) is 8.47. The van der Waals surface area contributed by atoms with Crippen molar-refractivity contribution in [2.75, 3.05) is 13.1 Å². The van der Waals surface area contributed by atoms with Crippen LogP contribution in [0.3, 0.4) is 0 Å². The van der Waals surface area contributed by atoms with Crippen molar-refractivity contribution in [2.45, 2.75) is 13.3 Å². The van der Waals surface area contributed by atoms with Gasteiger partial charge in [-0.3, -0.25) is 9.59 Å². The molecular weight excluding hydrogens is 318 g/mol. The molecule has 18 heavy (non-hydrogen) atoms. The topological polar surface area (TPSA) is 57.6 Å². The van der Waals surface area contributed by atoms with Crippen molar-refractivity contribution in [1.82, 2.24) is 4.90 Å². The lowest BCUT2D eigenvalue weighted by Gasteiger charge is -2.34. The maximum Gasteiger partial charge on any atom is 0.308 e. The Morgan fingerprint density at radius 1 is 1.44 bits per heavy atom. The molecule has 1 amide bonds. The number of likely N-dealkylation sites (tertiary alicyclic amines) is 1. The second-order valence-electron chi connectivity index (χ2n) is 4.69. The molecule has 1 N–H and O–H groups in total. The molecule has 1 aromatic rings. The van der Waals surface area contributed by atoms with E-state index in [1.807, 2.05) is 13.0 Å².